The first-order valence-corrected chi connectivity index (χ1v) is 8.07. The van der Waals surface area contributed by atoms with E-state index in [0.717, 1.165) is 35.4 Å². The second-order valence-electron chi connectivity index (χ2n) is 5.51. The van der Waals surface area contributed by atoms with Crippen molar-refractivity contribution in [1.29, 1.82) is 0 Å². The van der Waals surface area contributed by atoms with Gasteiger partial charge in [-0.2, -0.15) is 0 Å². The Balaban J connectivity index is 1.61. The molecular weight excluding hydrogens is 328 g/mol. The van der Waals surface area contributed by atoms with Gasteiger partial charge >= 0.3 is 0 Å². The lowest BCUT2D eigenvalue weighted by atomic mass is 10.1. The molecule has 1 aliphatic rings. The Morgan fingerprint density at radius 2 is 1.90 bits per heavy atom. The maximum atomic E-state index is 5.89. The van der Waals surface area contributed by atoms with Gasteiger partial charge in [0, 0.05) is 17.3 Å². The molecule has 0 fully saturated rings. The number of halogens is 1. The maximum absolute atomic E-state index is 5.89. The van der Waals surface area contributed by atoms with Crippen LogP contribution in [0.2, 0.25) is 0 Å². The van der Waals surface area contributed by atoms with Crippen molar-refractivity contribution >= 4 is 15.9 Å². The molecule has 0 unspecified atom stereocenters. The number of fused-ring (bicyclic) bond motifs is 1. The second kappa shape index (κ2) is 6.10. The quantitative estimate of drug-likeness (QED) is 0.803. The van der Waals surface area contributed by atoms with Crippen LogP contribution in [0.1, 0.15) is 22.3 Å². The summed E-state index contributed by atoms with van der Waals surface area (Å²) >= 11 is 3.58. The Bertz CT molecular complexity index is 641. The highest BCUT2D eigenvalue weighted by Gasteiger charge is 2.11. The third kappa shape index (κ3) is 3.24. The molecule has 0 saturated heterocycles. The van der Waals surface area contributed by atoms with Crippen molar-refractivity contribution in [2.24, 2.45) is 0 Å². The molecule has 0 aliphatic carbocycles. The average molecular weight is 347 g/mol. The Hall–Kier alpha value is -1.48. The molecule has 0 spiro atoms. The highest BCUT2D eigenvalue weighted by Crippen LogP contribution is 2.27. The van der Waals surface area contributed by atoms with Gasteiger partial charge in [0.05, 0.1) is 13.2 Å². The van der Waals surface area contributed by atoms with E-state index in [-0.39, 0.29) is 0 Å². The summed E-state index contributed by atoms with van der Waals surface area (Å²) in [5.41, 5.74) is 5.05. The zero-order valence-electron chi connectivity index (χ0n) is 12.4. The van der Waals surface area contributed by atoms with Crippen LogP contribution in [0.3, 0.4) is 0 Å². The van der Waals surface area contributed by atoms with Crippen molar-refractivity contribution in [3.8, 4) is 11.5 Å². The molecule has 3 rings (SSSR count). The lowest BCUT2D eigenvalue weighted by Gasteiger charge is -2.10. The minimum Gasteiger partial charge on any atom is -0.493 e. The molecule has 2 aromatic carbocycles. The van der Waals surface area contributed by atoms with E-state index in [1.807, 2.05) is 0 Å². The summed E-state index contributed by atoms with van der Waals surface area (Å²) in [5.74, 6) is 1.98. The van der Waals surface area contributed by atoms with Gasteiger partial charge in [-0.3, -0.25) is 0 Å². The number of hydrogen-bond donors (Lipinski definition) is 0. The van der Waals surface area contributed by atoms with Crippen molar-refractivity contribution in [3.05, 3.63) is 57.1 Å². The van der Waals surface area contributed by atoms with Crippen molar-refractivity contribution in [2.75, 3.05) is 13.2 Å². The fourth-order valence-corrected chi connectivity index (χ4v) is 2.90. The molecule has 1 aliphatic heterocycles. The summed E-state index contributed by atoms with van der Waals surface area (Å²) in [5, 5.41) is 0. The molecule has 21 heavy (non-hydrogen) atoms. The summed E-state index contributed by atoms with van der Waals surface area (Å²) in [6, 6.07) is 10.6. The Morgan fingerprint density at radius 1 is 1.14 bits per heavy atom. The summed E-state index contributed by atoms with van der Waals surface area (Å²) in [4.78, 5) is 0. The molecule has 0 saturated carbocycles. The largest absolute Gasteiger partial charge is 0.493 e. The van der Waals surface area contributed by atoms with E-state index >= 15 is 0 Å². The van der Waals surface area contributed by atoms with Gasteiger partial charge in [0.15, 0.2) is 0 Å². The molecule has 0 amide bonds. The van der Waals surface area contributed by atoms with Gasteiger partial charge in [-0.1, -0.05) is 28.1 Å². The van der Waals surface area contributed by atoms with Crippen molar-refractivity contribution < 1.29 is 9.47 Å². The van der Waals surface area contributed by atoms with E-state index in [4.69, 9.17) is 9.47 Å². The fraction of sp³-hybridized carbons (Fsp3) is 0.333. The number of aryl methyl sites for hydroxylation is 2. The van der Waals surface area contributed by atoms with Crippen LogP contribution in [0.4, 0.5) is 0 Å². The Morgan fingerprint density at radius 3 is 2.67 bits per heavy atom. The van der Waals surface area contributed by atoms with Crippen molar-refractivity contribution in [3.63, 3.8) is 0 Å². The van der Waals surface area contributed by atoms with Crippen LogP contribution in [0.15, 0.2) is 34.8 Å². The zero-order valence-corrected chi connectivity index (χ0v) is 14.0. The molecule has 0 atom stereocenters. The third-order valence-corrected chi connectivity index (χ3v) is 5.07. The normalized spacial score (nSPS) is 12.9. The van der Waals surface area contributed by atoms with E-state index in [1.165, 1.54) is 22.3 Å². The monoisotopic (exact) mass is 346 g/mol. The number of rotatable bonds is 4. The SMILES string of the molecule is Cc1cc(OCCc2ccc3c(c2)CCO3)cc(C)c1Br. The van der Waals surface area contributed by atoms with Crippen LogP contribution in [0.5, 0.6) is 11.5 Å². The van der Waals surface area contributed by atoms with E-state index in [0.29, 0.717) is 6.61 Å². The molecule has 110 valence electrons. The smallest absolute Gasteiger partial charge is 0.122 e. The molecule has 2 nitrogen and oxygen atoms in total. The van der Waals surface area contributed by atoms with Crippen LogP contribution < -0.4 is 9.47 Å². The minimum atomic E-state index is 0.695. The number of ether oxygens (including phenoxy) is 2. The predicted molar refractivity (Wildman–Crippen MR) is 88.5 cm³/mol. The summed E-state index contributed by atoms with van der Waals surface area (Å²) in [7, 11) is 0. The summed E-state index contributed by atoms with van der Waals surface area (Å²) < 4.78 is 12.6. The maximum Gasteiger partial charge on any atom is 0.122 e. The molecule has 2 aromatic rings. The van der Waals surface area contributed by atoms with Crippen LogP contribution in [0.25, 0.3) is 0 Å². The van der Waals surface area contributed by atoms with Crippen LogP contribution in [-0.4, -0.2) is 13.2 Å². The molecule has 0 bridgehead atoms. The van der Waals surface area contributed by atoms with E-state index in [9.17, 15) is 0 Å². The molecular formula is C18H19BrO2. The Kier molecular flexibility index (Phi) is 4.20. The van der Waals surface area contributed by atoms with Crippen molar-refractivity contribution in [2.45, 2.75) is 26.7 Å². The van der Waals surface area contributed by atoms with Crippen LogP contribution in [-0.2, 0) is 12.8 Å². The van der Waals surface area contributed by atoms with Gasteiger partial charge in [0.25, 0.3) is 0 Å². The van der Waals surface area contributed by atoms with E-state index < -0.39 is 0 Å². The van der Waals surface area contributed by atoms with Gasteiger partial charge < -0.3 is 9.47 Å². The molecule has 3 heteroatoms. The van der Waals surface area contributed by atoms with Gasteiger partial charge in [-0.05, 0) is 54.3 Å². The Labute approximate surface area is 134 Å². The number of benzene rings is 2. The lowest BCUT2D eigenvalue weighted by molar-refractivity contribution is 0.321. The molecule has 0 radical (unpaired) electrons. The highest BCUT2D eigenvalue weighted by molar-refractivity contribution is 9.10. The predicted octanol–water partition coefficient (Wildman–Crippen LogP) is 4.62. The summed E-state index contributed by atoms with van der Waals surface area (Å²) in [6.07, 6.45) is 1.94. The second-order valence-corrected chi connectivity index (χ2v) is 6.30. The first kappa shape index (κ1) is 14.5. The number of hydrogen-bond acceptors (Lipinski definition) is 2. The minimum absolute atomic E-state index is 0.695. The van der Waals surface area contributed by atoms with E-state index in [2.05, 4.69) is 60.1 Å². The highest BCUT2D eigenvalue weighted by atomic mass is 79.9. The van der Waals surface area contributed by atoms with Gasteiger partial charge in [0.1, 0.15) is 11.5 Å². The van der Waals surface area contributed by atoms with E-state index in [1.54, 1.807) is 0 Å². The van der Waals surface area contributed by atoms with Gasteiger partial charge in [-0.15, -0.1) is 0 Å². The average Bonchev–Trinajstić information content (AvgIpc) is 2.92. The molecule has 1 heterocycles. The first-order chi connectivity index (χ1) is 10.1. The summed E-state index contributed by atoms with van der Waals surface area (Å²) in [6.45, 7) is 5.68. The van der Waals surface area contributed by atoms with Crippen molar-refractivity contribution in [1.82, 2.24) is 0 Å². The van der Waals surface area contributed by atoms with Crippen LogP contribution in [0, 0.1) is 13.8 Å². The van der Waals surface area contributed by atoms with Crippen LogP contribution >= 0.6 is 15.9 Å². The first-order valence-electron chi connectivity index (χ1n) is 7.27. The van der Waals surface area contributed by atoms with Gasteiger partial charge in [0.2, 0.25) is 0 Å². The zero-order chi connectivity index (χ0) is 14.8. The standard InChI is InChI=1S/C18H19BrO2/c1-12-9-16(10-13(2)18(12)19)20-7-5-14-3-4-17-15(11-14)6-8-21-17/h3-4,9-11H,5-8H2,1-2H3. The topological polar surface area (TPSA) is 18.5 Å². The fourth-order valence-electron chi connectivity index (χ4n) is 2.67. The molecule has 0 aromatic heterocycles. The molecule has 0 N–H and O–H groups in total. The third-order valence-electron chi connectivity index (χ3n) is 3.82. The van der Waals surface area contributed by atoms with Gasteiger partial charge in [-0.25, -0.2) is 0 Å². The lowest BCUT2D eigenvalue weighted by Crippen LogP contribution is -2.02.